The number of carbonyl (C=O) groups excluding carboxylic acids is 1. The molecule has 0 aliphatic heterocycles. The molecule has 3 aromatic rings. The maximum Gasteiger partial charge on any atom is 0.346 e. The molecule has 0 aliphatic carbocycles. The van der Waals surface area contributed by atoms with Crippen LogP contribution in [0.25, 0.3) is 10.9 Å². The van der Waals surface area contributed by atoms with Crippen LogP contribution in [0.2, 0.25) is 0 Å². The number of esters is 1. The number of aromatic nitrogens is 2. The van der Waals surface area contributed by atoms with Crippen LogP contribution in [0.3, 0.4) is 0 Å². The predicted octanol–water partition coefficient (Wildman–Crippen LogP) is 3.56. The zero-order chi connectivity index (χ0) is 24.1. The molecule has 2 aromatic carbocycles. The van der Waals surface area contributed by atoms with Crippen molar-refractivity contribution >= 4 is 39.0 Å². The number of ether oxygens (including phenoxy) is 4. The molecule has 0 aliphatic rings. The normalized spacial score (nSPS) is 12.1. The largest absolute Gasteiger partial charge is 0.493 e. The van der Waals surface area contributed by atoms with Gasteiger partial charge < -0.3 is 18.9 Å². The van der Waals surface area contributed by atoms with E-state index in [2.05, 4.69) is 26.0 Å². The van der Waals surface area contributed by atoms with E-state index in [1.165, 1.54) is 32.2 Å². The molecule has 0 amide bonds. The predicted molar refractivity (Wildman–Crippen MR) is 128 cm³/mol. The summed E-state index contributed by atoms with van der Waals surface area (Å²) in [6, 6.07) is 8.67. The van der Waals surface area contributed by atoms with Crippen LogP contribution < -0.4 is 19.8 Å². The summed E-state index contributed by atoms with van der Waals surface area (Å²) < 4.78 is 23.3. The van der Waals surface area contributed by atoms with Gasteiger partial charge in [-0.25, -0.2) is 9.78 Å². The van der Waals surface area contributed by atoms with Gasteiger partial charge in [0.2, 0.25) is 5.75 Å². The maximum atomic E-state index is 13.1. The van der Waals surface area contributed by atoms with Gasteiger partial charge in [0.1, 0.15) is 5.82 Å². The first-order chi connectivity index (χ1) is 15.8. The highest BCUT2D eigenvalue weighted by Crippen LogP contribution is 2.39. The van der Waals surface area contributed by atoms with Gasteiger partial charge in [-0.1, -0.05) is 22.9 Å². The Morgan fingerprint density at radius 3 is 2.42 bits per heavy atom. The van der Waals surface area contributed by atoms with Crippen molar-refractivity contribution in [2.24, 2.45) is 5.10 Å². The van der Waals surface area contributed by atoms with E-state index in [0.29, 0.717) is 40.2 Å². The second kappa shape index (κ2) is 10.5. The smallest absolute Gasteiger partial charge is 0.346 e. The molecule has 0 radical (unpaired) electrons. The third-order valence-electron chi connectivity index (χ3n) is 4.82. The van der Waals surface area contributed by atoms with Gasteiger partial charge in [0.05, 0.1) is 38.4 Å². The van der Waals surface area contributed by atoms with Gasteiger partial charge in [-0.2, -0.15) is 9.78 Å². The lowest BCUT2D eigenvalue weighted by molar-refractivity contribution is -0.148. The molecule has 1 atom stereocenters. The Bertz CT molecular complexity index is 1250. The number of benzene rings is 2. The van der Waals surface area contributed by atoms with Crippen molar-refractivity contribution in [2.75, 3.05) is 21.3 Å². The summed E-state index contributed by atoms with van der Waals surface area (Å²) in [7, 11) is 4.22. The molecule has 10 heteroatoms. The third-order valence-corrected chi connectivity index (χ3v) is 5.32. The fourth-order valence-corrected chi connectivity index (χ4v) is 3.51. The molecule has 1 aromatic heterocycles. The van der Waals surface area contributed by atoms with Gasteiger partial charge in [-0.3, -0.25) is 4.79 Å². The Balaban J connectivity index is 2.05. The second-order valence-corrected chi connectivity index (χ2v) is 7.86. The summed E-state index contributed by atoms with van der Waals surface area (Å²) in [6.07, 6.45) is 1.15. The van der Waals surface area contributed by atoms with Crippen LogP contribution in [0, 0.1) is 0 Å². The van der Waals surface area contributed by atoms with Crippen molar-refractivity contribution in [3.8, 4) is 17.2 Å². The lowest BCUT2D eigenvalue weighted by atomic mass is 10.2. The topological polar surface area (TPSA) is 101 Å². The van der Waals surface area contributed by atoms with Crippen LogP contribution >= 0.6 is 15.9 Å². The Hall–Kier alpha value is -3.40. The van der Waals surface area contributed by atoms with Crippen molar-refractivity contribution in [3.63, 3.8) is 0 Å². The monoisotopic (exact) mass is 517 g/mol. The highest BCUT2D eigenvalue weighted by atomic mass is 79.9. The molecule has 0 bridgehead atoms. The van der Waals surface area contributed by atoms with E-state index in [1.807, 2.05) is 13.0 Å². The SMILES string of the molecule is CCc1nc2ccc(Br)cc2c(=O)n1N=Cc1cc(OC)c(O[C@H](C)C(=O)OC)c(OC)c1. The summed E-state index contributed by atoms with van der Waals surface area (Å²) in [6.45, 7) is 3.46. The third kappa shape index (κ3) is 5.16. The fraction of sp³-hybridized carbons (Fsp3) is 0.304. The number of hydrogen-bond donors (Lipinski definition) is 0. The van der Waals surface area contributed by atoms with Crippen LogP contribution in [0.5, 0.6) is 17.2 Å². The van der Waals surface area contributed by atoms with Crippen molar-refractivity contribution in [2.45, 2.75) is 26.4 Å². The molecule has 3 rings (SSSR count). The molecule has 0 saturated carbocycles. The number of fused-ring (bicyclic) bond motifs is 1. The van der Waals surface area contributed by atoms with E-state index in [4.69, 9.17) is 18.9 Å². The van der Waals surface area contributed by atoms with Gasteiger partial charge in [0, 0.05) is 16.5 Å². The number of hydrogen-bond acceptors (Lipinski definition) is 8. The molecule has 174 valence electrons. The van der Waals surface area contributed by atoms with E-state index in [1.54, 1.807) is 31.2 Å². The summed E-state index contributed by atoms with van der Waals surface area (Å²) in [5.41, 5.74) is 0.918. The van der Waals surface area contributed by atoms with Crippen LogP contribution in [0.15, 0.2) is 44.7 Å². The first-order valence-corrected chi connectivity index (χ1v) is 10.9. The van der Waals surface area contributed by atoms with Crippen molar-refractivity contribution < 1.29 is 23.7 Å². The van der Waals surface area contributed by atoms with Crippen molar-refractivity contribution in [1.82, 2.24) is 9.66 Å². The number of methoxy groups -OCH3 is 3. The minimum Gasteiger partial charge on any atom is -0.493 e. The fourth-order valence-electron chi connectivity index (χ4n) is 3.15. The Morgan fingerprint density at radius 2 is 1.85 bits per heavy atom. The Labute approximate surface area is 199 Å². The number of carbonyl (C=O) groups is 1. The van der Waals surface area contributed by atoms with E-state index in [9.17, 15) is 9.59 Å². The highest BCUT2D eigenvalue weighted by Gasteiger charge is 2.21. The first kappa shape index (κ1) is 24.2. The summed E-state index contributed by atoms with van der Waals surface area (Å²) in [4.78, 5) is 29.4. The standard InChI is InChI=1S/C23H24BrN3O6/c1-6-20-26-17-8-7-15(24)11-16(17)22(28)27(20)25-12-14-9-18(30-3)21(19(10-14)31-4)33-13(2)23(29)32-5/h7-13H,6H2,1-5H3/t13-/m1/s1. The van der Waals surface area contributed by atoms with Gasteiger partial charge in [-0.05, 0) is 37.3 Å². The average molecular weight is 518 g/mol. The minimum absolute atomic E-state index is 0.249. The van der Waals surface area contributed by atoms with Gasteiger partial charge >= 0.3 is 5.97 Å². The van der Waals surface area contributed by atoms with E-state index in [0.717, 1.165) is 4.47 Å². The molecule has 0 N–H and O–H groups in total. The number of nitrogens with zero attached hydrogens (tertiary/aromatic N) is 3. The highest BCUT2D eigenvalue weighted by molar-refractivity contribution is 9.10. The van der Waals surface area contributed by atoms with Crippen molar-refractivity contribution in [1.29, 1.82) is 0 Å². The average Bonchev–Trinajstić information content (AvgIpc) is 2.83. The van der Waals surface area contributed by atoms with Gasteiger partial charge in [-0.15, -0.1) is 0 Å². The number of rotatable bonds is 8. The molecule has 1 heterocycles. The number of halogens is 1. The molecule has 9 nitrogen and oxygen atoms in total. The zero-order valence-electron chi connectivity index (χ0n) is 18.9. The quantitative estimate of drug-likeness (QED) is 0.332. The maximum absolute atomic E-state index is 13.1. The van der Waals surface area contributed by atoms with Crippen LogP contribution in [-0.2, 0) is 16.0 Å². The molecule has 0 fully saturated rings. The molecular formula is C23H24BrN3O6. The lowest BCUT2D eigenvalue weighted by Crippen LogP contribution is -2.25. The van der Waals surface area contributed by atoms with Crippen LogP contribution in [0.4, 0.5) is 0 Å². The Morgan fingerprint density at radius 1 is 1.18 bits per heavy atom. The summed E-state index contributed by atoms with van der Waals surface area (Å²) >= 11 is 3.39. The zero-order valence-corrected chi connectivity index (χ0v) is 20.5. The molecule has 0 saturated heterocycles. The second-order valence-electron chi connectivity index (χ2n) is 6.94. The summed E-state index contributed by atoms with van der Waals surface area (Å²) in [5, 5.41) is 4.84. The molecule has 33 heavy (non-hydrogen) atoms. The van der Waals surface area contributed by atoms with E-state index >= 15 is 0 Å². The lowest BCUT2D eigenvalue weighted by Gasteiger charge is -2.18. The van der Waals surface area contributed by atoms with E-state index in [-0.39, 0.29) is 11.3 Å². The number of aryl methyl sites for hydroxylation is 1. The first-order valence-electron chi connectivity index (χ1n) is 10.1. The van der Waals surface area contributed by atoms with Crippen LogP contribution in [0.1, 0.15) is 25.2 Å². The van der Waals surface area contributed by atoms with Crippen molar-refractivity contribution in [3.05, 3.63) is 56.5 Å². The van der Waals surface area contributed by atoms with Gasteiger partial charge in [0.25, 0.3) is 5.56 Å². The molecule has 0 spiro atoms. The Kier molecular flexibility index (Phi) is 7.70. The minimum atomic E-state index is -0.869. The van der Waals surface area contributed by atoms with Crippen LogP contribution in [-0.4, -0.2) is 49.3 Å². The molecular weight excluding hydrogens is 494 g/mol. The summed E-state index contributed by atoms with van der Waals surface area (Å²) in [5.74, 6) is 0.896. The van der Waals surface area contributed by atoms with Gasteiger partial charge in [0.15, 0.2) is 17.6 Å². The molecule has 0 unspecified atom stereocenters. The van der Waals surface area contributed by atoms with E-state index < -0.39 is 12.1 Å².